The molecule has 0 saturated heterocycles. The van der Waals surface area contributed by atoms with Gasteiger partial charge in [-0.15, -0.1) is 0 Å². The standard InChI is InChI=1S/C17H17FN8O3S.C3H6/c1-8-15(19)24-11(6-30(8,27)28)9-3-12(20-4-10(9)18)25-16-14-17(23-7-22-16)26-13(29-2)5-21-14;1-2-3-1/h3-5,7-8,11H,6H2,1-2H3,(H2,19,24)(H,20,22,23,25,26);1-3H2. The average Bonchev–Trinajstić information content (AvgIpc) is 3.68. The predicted octanol–water partition coefficient (Wildman–Crippen LogP) is 2.09. The number of anilines is 2. The fourth-order valence-corrected chi connectivity index (χ4v) is 4.35. The number of methoxy groups -OCH3 is 1. The van der Waals surface area contributed by atoms with E-state index in [9.17, 15) is 12.8 Å². The number of ether oxygens (including phenoxy) is 1. The van der Waals surface area contributed by atoms with E-state index in [-0.39, 0.29) is 34.7 Å². The molecule has 1 aliphatic heterocycles. The summed E-state index contributed by atoms with van der Waals surface area (Å²) < 4.78 is 44.1. The third-order valence-electron chi connectivity index (χ3n) is 5.03. The molecule has 3 N–H and O–H groups in total. The lowest BCUT2D eigenvalue weighted by molar-refractivity contribution is 0.397. The first-order chi connectivity index (χ1) is 15.8. The highest BCUT2D eigenvalue weighted by molar-refractivity contribution is 7.92. The summed E-state index contributed by atoms with van der Waals surface area (Å²) in [4.78, 5) is 24.7. The monoisotopic (exact) mass is 474 g/mol. The van der Waals surface area contributed by atoms with Crippen molar-refractivity contribution >= 4 is 38.5 Å². The number of nitrogens with two attached hydrogens (primary N) is 1. The lowest BCUT2D eigenvalue weighted by Crippen LogP contribution is -2.40. The van der Waals surface area contributed by atoms with Crippen molar-refractivity contribution in [1.29, 1.82) is 0 Å². The zero-order valence-electron chi connectivity index (χ0n) is 18.1. The Morgan fingerprint density at radius 3 is 2.58 bits per heavy atom. The summed E-state index contributed by atoms with van der Waals surface area (Å²) in [6.45, 7) is 1.45. The Bertz CT molecular complexity index is 1310. The summed E-state index contributed by atoms with van der Waals surface area (Å²) in [5.41, 5.74) is 6.45. The largest absolute Gasteiger partial charge is 0.480 e. The molecular formula is C20H23FN8O3S. The number of nitrogens with one attached hydrogen (secondary N) is 1. The summed E-state index contributed by atoms with van der Waals surface area (Å²) in [7, 11) is -2.09. The molecule has 13 heteroatoms. The van der Waals surface area contributed by atoms with Gasteiger partial charge in [0.1, 0.15) is 29.0 Å². The molecule has 5 rings (SSSR count). The molecule has 0 bridgehead atoms. The number of hydrogen-bond donors (Lipinski definition) is 2. The third-order valence-corrected chi connectivity index (χ3v) is 7.13. The van der Waals surface area contributed by atoms with Crippen LogP contribution in [0.5, 0.6) is 5.88 Å². The number of rotatable bonds is 4. The van der Waals surface area contributed by atoms with Crippen LogP contribution in [-0.4, -0.2) is 57.3 Å². The summed E-state index contributed by atoms with van der Waals surface area (Å²) in [6, 6.07) is 0.397. The lowest BCUT2D eigenvalue weighted by Gasteiger charge is -2.24. The van der Waals surface area contributed by atoms with Gasteiger partial charge in [0.25, 0.3) is 0 Å². The fourth-order valence-electron chi connectivity index (χ4n) is 2.94. The van der Waals surface area contributed by atoms with Gasteiger partial charge >= 0.3 is 0 Å². The Labute approximate surface area is 189 Å². The van der Waals surface area contributed by atoms with Gasteiger partial charge in [0, 0.05) is 5.56 Å². The first-order valence-electron chi connectivity index (χ1n) is 10.3. The zero-order chi connectivity index (χ0) is 23.6. The number of aromatic nitrogens is 5. The quantitative estimate of drug-likeness (QED) is 0.573. The van der Waals surface area contributed by atoms with E-state index in [0.29, 0.717) is 11.2 Å². The van der Waals surface area contributed by atoms with Gasteiger partial charge < -0.3 is 15.8 Å². The molecule has 3 aromatic rings. The second kappa shape index (κ2) is 9.17. The molecule has 0 radical (unpaired) electrons. The molecule has 174 valence electrons. The SMILES string of the molecule is C1CC1.COc1cnc2c(Nc3cc(C4CS(=O)(=O)C(C)C(N)=N4)c(F)cn3)ncnc2n1. The van der Waals surface area contributed by atoms with E-state index in [0.717, 1.165) is 6.20 Å². The van der Waals surface area contributed by atoms with E-state index in [1.165, 1.54) is 51.9 Å². The predicted molar refractivity (Wildman–Crippen MR) is 121 cm³/mol. The van der Waals surface area contributed by atoms with Crippen molar-refractivity contribution in [2.75, 3.05) is 18.2 Å². The average molecular weight is 475 g/mol. The number of aliphatic imine (C=N–C) groups is 1. The molecule has 1 saturated carbocycles. The highest BCUT2D eigenvalue weighted by atomic mass is 32.2. The third kappa shape index (κ3) is 5.13. The zero-order valence-corrected chi connectivity index (χ0v) is 18.9. The smallest absolute Gasteiger partial charge is 0.234 e. The molecule has 0 amide bonds. The number of nitrogens with zero attached hydrogens (tertiary/aromatic N) is 6. The van der Waals surface area contributed by atoms with Crippen LogP contribution in [0, 0.1) is 5.82 Å². The van der Waals surface area contributed by atoms with Gasteiger partial charge in [0.15, 0.2) is 26.8 Å². The van der Waals surface area contributed by atoms with Crippen molar-refractivity contribution in [3.8, 4) is 5.88 Å². The minimum atomic E-state index is -3.55. The highest BCUT2D eigenvalue weighted by Crippen LogP contribution is 2.30. The second-order valence-electron chi connectivity index (χ2n) is 7.63. The van der Waals surface area contributed by atoms with Crippen molar-refractivity contribution < 1.29 is 17.5 Å². The van der Waals surface area contributed by atoms with Crippen LogP contribution in [0.15, 0.2) is 29.8 Å². The van der Waals surface area contributed by atoms with E-state index in [1.54, 1.807) is 0 Å². The van der Waals surface area contributed by atoms with Crippen LogP contribution in [0.3, 0.4) is 0 Å². The van der Waals surface area contributed by atoms with Crippen molar-refractivity contribution in [2.24, 2.45) is 10.7 Å². The van der Waals surface area contributed by atoms with Crippen molar-refractivity contribution in [2.45, 2.75) is 37.5 Å². The molecule has 3 aromatic heterocycles. The van der Waals surface area contributed by atoms with Crippen LogP contribution in [0.4, 0.5) is 16.0 Å². The topological polar surface area (TPSA) is 158 Å². The number of pyridine rings is 1. The molecule has 4 heterocycles. The van der Waals surface area contributed by atoms with Crippen molar-refractivity contribution in [3.63, 3.8) is 0 Å². The molecular weight excluding hydrogens is 451 g/mol. The van der Waals surface area contributed by atoms with Crippen LogP contribution < -0.4 is 15.8 Å². The van der Waals surface area contributed by atoms with E-state index >= 15 is 0 Å². The van der Waals surface area contributed by atoms with Gasteiger partial charge in [-0.25, -0.2) is 32.7 Å². The maximum absolute atomic E-state index is 14.4. The molecule has 2 atom stereocenters. The maximum atomic E-state index is 14.4. The van der Waals surface area contributed by atoms with E-state index in [1.807, 2.05) is 0 Å². The highest BCUT2D eigenvalue weighted by Gasteiger charge is 2.35. The Balaban J connectivity index is 0.000000799. The molecule has 1 fully saturated rings. The number of amidine groups is 1. The van der Waals surface area contributed by atoms with E-state index in [4.69, 9.17) is 10.5 Å². The van der Waals surface area contributed by atoms with Crippen molar-refractivity contribution in [1.82, 2.24) is 24.9 Å². The summed E-state index contributed by atoms with van der Waals surface area (Å²) in [5.74, 6) is -0.303. The van der Waals surface area contributed by atoms with Crippen LogP contribution in [-0.2, 0) is 9.84 Å². The van der Waals surface area contributed by atoms with Gasteiger partial charge in [-0.2, -0.15) is 4.98 Å². The van der Waals surface area contributed by atoms with E-state index < -0.39 is 26.9 Å². The van der Waals surface area contributed by atoms with E-state index in [2.05, 4.69) is 35.2 Å². The Morgan fingerprint density at radius 1 is 1.15 bits per heavy atom. The van der Waals surface area contributed by atoms with Gasteiger partial charge in [0.05, 0.1) is 31.3 Å². The molecule has 33 heavy (non-hydrogen) atoms. The van der Waals surface area contributed by atoms with Crippen LogP contribution >= 0.6 is 0 Å². The summed E-state index contributed by atoms with van der Waals surface area (Å²) >= 11 is 0. The van der Waals surface area contributed by atoms with Gasteiger partial charge in [0.2, 0.25) is 5.88 Å². The van der Waals surface area contributed by atoms with Crippen LogP contribution in [0.1, 0.15) is 37.8 Å². The number of sulfone groups is 1. The number of fused-ring (bicyclic) bond motifs is 1. The minimum Gasteiger partial charge on any atom is -0.480 e. The normalized spacial score (nSPS) is 20.9. The molecule has 1 aliphatic carbocycles. The number of halogens is 1. The first kappa shape index (κ1) is 22.7. The summed E-state index contributed by atoms with van der Waals surface area (Å²) in [6.07, 6.45) is 8.17. The summed E-state index contributed by atoms with van der Waals surface area (Å²) in [5, 5.41) is 2.03. The Kier molecular flexibility index (Phi) is 6.31. The maximum Gasteiger partial charge on any atom is 0.234 e. The number of hydrogen-bond acceptors (Lipinski definition) is 11. The second-order valence-corrected chi connectivity index (χ2v) is 9.99. The molecule has 11 nitrogen and oxygen atoms in total. The fraction of sp³-hybridized carbons (Fsp3) is 0.400. The van der Waals surface area contributed by atoms with Gasteiger partial charge in [-0.1, -0.05) is 19.3 Å². The Morgan fingerprint density at radius 2 is 1.91 bits per heavy atom. The molecule has 0 aromatic carbocycles. The molecule has 2 unspecified atom stereocenters. The lowest BCUT2D eigenvalue weighted by atomic mass is 10.1. The minimum absolute atomic E-state index is 0.0528. The van der Waals surface area contributed by atoms with Crippen LogP contribution in [0.2, 0.25) is 0 Å². The van der Waals surface area contributed by atoms with Gasteiger partial charge in [-0.3, -0.25) is 4.99 Å². The van der Waals surface area contributed by atoms with Crippen LogP contribution in [0.25, 0.3) is 11.2 Å². The van der Waals surface area contributed by atoms with Gasteiger partial charge in [-0.05, 0) is 13.0 Å². The van der Waals surface area contributed by atoms with Crippen molar-refractivity contribution in [3.05, 3.63) is 36.2 Å². The molecule has 2 aliphatic rings. The molecule has 0 spiro atoms. The Hall–Kier alpha value is -3.48. The first-order valence-corrected chi connectivity index (χ1v) is 12.0.